The monoisotopic (exact) mass is 486 g/mol. The van der Waals surface area contributed by atoms with Crippen LogP contribution in [-0.2, 0) is 14.8 Å². The van der Waals surface area contributed by atoms with E-state index in [1.165, 1.54) is 9.31 Å². The van der Waals surface area contributed by atoms with Crippen molar-refractivity contribution in [2.75, 3.05) is 32.4 Å². The number of nitro groups is 1. The molecule has 0 radical (unpaired) electrons. The normalized spacial score (nSPS) is 15.2. The number of non-ortho nitro benzene ring substituents is 1. The number of nitro benzene ring substituents is 1. The number of rotatable bonds is 5. The molecular weight excluding hydrogens is 469 g/mol. The Labute approximate surface area is 178 Å². The zero-order chi connectivity index (χ0) is 24.9. The van der Waals surface area contributed by atoms with Crippen molar-refractivity contribution in [3.05, 3.63) is 39.4 Å². The van der Waals surface area contributed by atoms with Gasteiger partial charge < -0.3 is 10.2 Å². The minimum absolute atomic E-state index is 0.169. The van der Waals surface area contributed by atoms with E-state index in [0.29, 0.717) is 0 Å². The van der Waals surface area contributed by atoms with Crippen LogP contribution in [0.1, 0.15) is 20.7 Å². The van der Waals surface area contributed by atoms with E-state index in [1.807, 2.05) is 0 Å². The minimum atomic E-state index is -5.08. The van der Waals surface area contributed by atoms with Crippen molar-refractivity contribution < 1.29 is 51.1 Å². The van der Waals surface area contributed by atoms with E-state index >= 15 is 0 Å². The Morgan fingerprint density at radius 1 is 1.06 bits per heavy atom. The molecule has 32 heavy (non-hydrogen) atoms. The fourth-order valence-corrected chi connectivity index (χ4v) is 3.14. The van der Waals surface area contributed by atoms with Gasteiger partial charge in [0.2, 0.25) is 10.0 Å². The first-order valence-electron chi connectivity index (χ1n) is 8.36. The van der Waals surface area contributed by atoms with Crippen molar-refractivity contribution in [1.29, 1.82) is 0 Å². The number of amides is 1. The van der Waals surface area contributed by atoms with Gasteiger partial charge in [-0.25, -0.2) is 23.0 Å². The van der Waals surface area contributed by atoms with Crippen LogP contribution in [0.3, 0.4) is 0 Å². The van der Waals surface area contributed by atoms with Crippen LogP contribution < -0.4 is 5.43 Å². The third kappa shape index (κ3) is 8.08. The van der Waals surface area contributed by atoms with Crippen LogP contribution in [0.2, 0.25) is 0 Å². The number of aromatic carboxylic acids is 1. The quantitative estimate of drug-likeness (QED) is 0.382. The van der Waals surface area contributed by atoms with Gasteiger partial charge in [0.15, 0.2) is 0 Å². The second-order valence-corrected chi connectivity index (χ2v) is 8.21. The molecule has 1 aromatic rings. The first kappa shape index (κ1) is 26.7. The summed E-state index contributed by atoms with van der Waals surface area (Å²) in [4.78, 5) is 42.3. The van der Waals surface area contributed by atoms with Crippen molar-refractivity contribution in [3.63, 3.8) is 0 Å². The average molecular weight is 486 g/mol. The predicted molar refractivity (Wildman–Crippen MR) is 99.2 cm³/mol. The Morgan fingerprint density at radius 3 is 1.91 bits per heavy atom. The molecule has 178 valence electrons. The molecule has 0 unspecified atom stereocenters. The van der Waals surface area contributed by atoms with E-state index in [1.54, 1.807) is 0 Å². The highest BCUT2D eigenvalue weighted by Gasteiger charge is 2.38. The zero-order valence-electron chi connectivity index (χ0n) is 16.2. The van der Waals surface area contributed by atoms with Crippen LogP contribution in [-0.4, -0.2) is 89.3 Å². The first-order valence-corrected chi connectivity index (χ1v) is 10.2. The number of carbonyl (C=O) groups excluding carboxylic acids is 1. The number of hydrogen-bond acceptors (Lipinski definition) is 8. The number of carboxylic acids is 2. The maximum absolute atomic E-state index is 12.2. The molecule has 1 saturated heterocycles. The van der Waals surface area contributed by atoms with Crippen molar-refractivity contribution in [1.82, 2.24) is 14.7 Å². The van der Waals surface area contributed by atoms with E-state index in [4.69, 9.17) is 15.0 Å². The van der Waals surface area contributed by atoms with Gasteiger partial charge in [0.25, 0.3) is 11.6 Å². The number of carbonyl (C=O) groups is 3. The molecule has 1 fully saturated rings. The average Bonchev–Trinajstić information content (AvgIpc) is 2.67. The summed E-state index contributed by atoms with van der Waals surface area (Å²) >= 11 is 0. The highest BCUT2D eigenvalue weighted by atomic mass is 32.2. The lowest BCUT2D eigenvalue weighted by molar-refractivity contribution is -0.384. The van der Waals surface area contributed by atoms with Crippen LogP contribution in [0.15, 0.2) is 18.2 Å². The molecule has 0 aliphatic carbocycles. The van der Waals surface area contributed by atoms with E-state index in [2.05, 4.69) is 5.43 Å². The molecule has 17 heteroatoms. The largest absolute Gasteiger partial charge is 0.490 e. The Bertz CT molecular complexity index is 974. The number of benzene rings is 1. The number of carboxylic acid groups (broad SMARTS) is 2. The molecule has 1 aromatic carbocycles. The number of alkyl halides is 3. The number of aliphatic carboxylic acids is 1. The van der Waals surface area contributed by atoms with Gasteiger partial charge in [-0.1, -0.05) is 0 Å². The third-order valence-corrected chi connectivity index (χ3v) is 5.15. The van der Waals surface area contributed by atoms with Gasteiger partial charge in [0.1, 0.15) is 0 Å². The molecule has 0 atom stereocenters. The van der Waals surface area contributed by atoms with E-state index < -0.39 is 44.7 Å². The molecule has 2 rings (SSSR count). The Kier molecular flexibility index (Phi) is 8.63. The second kappa shape index (κ2) is 10.3. The number of sulfonamides is 1. The fraction of sp³-hybridized carbons (Fsp3) is 0.400. The van der Waals surface area contributed by atoms with Gasteiger partial charge in [0.05, 0.1) is 16.7 Å². The number of nitrogens with zero attached hydrogens (tertiary/aromatic N) is 3. The third-order valence-electron chi connectivity index (χ3n) is 3.85. The summed E-state index contributed by atoms with van der Waals surface area (Å²) in [6.45, 7) is 0.849. The first-order chi connectivity index (χ1) is 14.5. The molecule has 0 saturated carbocycles. The van der Waals surface area contributed by atoms with Crippen LogP contribution in [0.4, 0.5) is 18.9 Å². The highest BCUT2D eigenvalue weighted by molar-refractivity contribution is 7.88. The van der Waals surface area contributed by atoms with E-state index in [-0.39, 0.29) is 37.3 Å². The number of hydrogen-bond donors (Lipinski definition) is 3. The maximum atomic E-state index is 12.2. The van der Waals surface area contributed by atoms with Crippen molar-refractivity contribution in [2.24, 2.45) is 0 Å². The highest BCUT2D eigenvalue weighted by Crippen LogP contribution is 2.18. The molecule has 3 N–H and O–H groups in total. The summed E-state index contributed by atoms with van der Waals surface area (Å²) in [5.41, 5.74) is 1.45. The number of hydrazine groups is 1. The SMILES string of the molecule is CS(=O)(=O)N1CCN(NC(=O)c2cc(C(=O)O)cc([N+](=O)[O-])c2)CC1.O=C(O)C(F)(F)F. The maximum Gasteiger partial charge on any atom is 0.490 e. The van der Waals surface area contributed by atoms with Gasteiger partial charge >= 0.3 is 18.1 Å². The van der Waals surface area contributed by atoms with Gasteiger partial charge in [-0.3, -0.25) is 20.3 Å². The summed E-state index contributed by atoms with van der Waals surface area (Å²) in [7, 11) is -3.31. The van der Waals surface area contributed by atoms with Crippen molar-refractivity contribution >= 4 is 33.6 Å². The van der Waals surface area contributed by atoms with Gasteiger partial charge in [-0.05, 0) is 6.07 Å². The van der Waals surface area contributed by atoms with Gasteiger partial charge in [-0.15, -0.1) is 0 Å². The summed E-state index contributed by atoms with van der Waals surface area (Å²) in [6.07, 6.45) is -3.99. The summed E-state index contributed by atoms with van der Waals surface area (Å²) in [5, 5.41) is 28.5. The Hall–Kier alpha value is -3.31. The van der Waals surface area contributed by atoms with Crippen LogP contribution in [0, 0.1) is 10.1 Å². The van der Waals surface area contributed by atoms with Crippen LogP contribution in [0.5, 0.6) is 0 Å². The molecule has 13 nitrogen and oxygen atoms in total. The van der Waals surface area contributed by atoms with Crippen molar-refractivity contribution in [2.45, 2.75) is 6.18 Å². The van der Waals surface area contributed by atoms with Gasteiger partial charge in [-0.2, -0.15) is 17.5 Å². The van der Waals surface area contributed by atoms with Crippen LogP contribution in [0.25, 0.3) is 0 Å². The lowest BCUT2D eigenvalue weighted by atomic mass is 10.1. The molecule has 0 bridgehead atoms. The van der Waals surface area contributed by atoms with E-state index in [0.717, 1.165) is 24.5 Å². The number of halogens is 3. The lowest BCUT2D eigenvalue weighted by Crippen LogP contribution is -2.54. The smallest absolute Gasteiger partial charge is 0.478 e. The van der Waals surface area contributed by atoms with Gasteiger partial charge in [0, 0.05) is 43.9 Å². The molecule has 1 heterocycles. The number of nitrogens with one attached hydrogen (secondary N) is 1. The molecule has 1 amide bonds. The molecular formula is C15H17F3N4O9S. The Balaban J connectivity index is 0.000000633. The topological polar surface area (TPSA) is 187 Å². The summed E-state index contributed by atoms with van der Waals surface area (Å²) in [6, 6.07) is 2.88. The minimum Gasteiger partial charge on any atom is -0.478 e. The second-order valence-electron chi connectivity index (χ2n) is 6.22. The number of piperazine rings is 1. The zero-order valence-corrected chi connectivity index (χ0v) is 17.0. The summed E-state index contributed by atoms with van der Waals surface area (Å²) in [5.74, 6) is -4.86. The van der Waals surface area contributed by atoms with Crippen molar-refractivity contribution in [3.8, 4) is 0 Å². The predicted octanol–water partition coefficient (Wildman–Crippen LogP) is 0.148. The molecule has 1 aliphatic heterocycles. The summed E-state index contributed by atoms with van der Waals surface area (Å²) < 4.78 is 55.9. The molecule has 0 spiro atoms. The Morgan fingerprint density at radius 2 is 1.53 bits per heavy atom. The standard InChI is InChI=1S/C13H16N4O7S.C2HF3O2/c1-25(23,24)16-4-2-15(3-5-16)14-12(18)9-6-10(13(19)20)8-11(7-9)17(21)22;3-2(4,5)1(6)7/h6-8H,2-5H2,1H3,(H,14,18)(H,19,20);(H,6,7). The fourth-order valence-electron chi connectivity index (χ4n) is 2.31. The van der Waals surface area contributed by atoms with Crippen LogP contribution >= 0.6 is 0 Å². The molecule has 1 aliphatic rings. The van der Waals surface area contributed by atoms with E-state index in [9.17, 15) is 41.3 Å². The lowest BCUT2D eigenvalue weighted by Gasteiger charge is -2.33. The molecule has 0 aromatic heterocycles.